The summed E-state index contributed by atoms with van der Waals surface area (Å²) in [5.41, 5.74) is 0.969. The molecule has 0 saturated heterocycles. The van der Waals surface area contributed by atoms with Gasteiger partial charge < -0.3 is 9.67 Å². The van der Waals surface area contributed by atoms with E-state index < -0.39 is 5.97 Å². The van der Waals surface area contributed by atoms with Crippen molar-refractivity contribution < 1.29 is 14.3 Å². The molecule has 3 nitrogen and oxygen atoms in total. The van der Waals surface area contributed by atoms with E-state index in [9.17, 15) is 9.18 Å². The zero-order valence-corrected chi connectivity index (χ0v) is 9.77. The quantitative estimate of drug-likeness (QED) is 0.888. The summed E-state index contributed by atoms with van der Waals surface area (Å²) in [5.74, 6) is -1.01. The molecule has 2 rings (SSSR count). The summed E-state index contributed by atoms with van der Waals surface area (Å²) >= 11 is 0. The van der Waals surface area contributed by atoms with Gasteiger partial charge in [0.2, 0.25) is 0 Å². The van der Waals surface area contributed by atoms with Crippen molar-refractivity contribution in [2.45, 2.75) is 20.4 Å². The summed E-state index contributed by atoms with van der Waals surface area (Å²) in [5, 5.41) is 9.76. The van der Waals surface area contributed by atoms with Crippen molar-refractivity contribution in [3.8, 4) is 0 Å². The van der Waals surface area contributed by atoms with Gasteiger partial charge in [-0.2, -0.15) is 0 Å². The van der Waals surface area contributed by atoms with Crippen LogP contribution in [0, 0.1) is 11.7 Å². The number of hydrogen-bond donors (Lipinski definition) is 1. The van der Waals surface area contributed by atoms with Crippen LogP contribution in [0.1, 0.15) is 24.3 Å². The topological polar surface area (TPSA) is 42.2 Å². The lowest BCUT2D eigenvalue weighted by Crippen LogP contribution is -2.11. The number of carboxylic acids is 1. The van der Waals surface area contributed by atoms with E-state index in [4.69, 9.17) is 5.11 Å². The summed E-state index contributed by atoms with van der Waals surface area (Å²) in [6.07, 6.45) is 0. The van der Waals surface area contributed by atoms with Gasteiger partial charge in [0.25, 0.3) is 0 Å². The molecule has 1 heterocycles. The molecule has 0 radical (unpaired) electrons. The summed E-state index contributed by atoms with van der Waals surface area (Å²) in [4.78, 5) is 11.1. The third-order valence-corrected chi connectivity index (χ3v) is 2.63. The number of nitrogens with zero attached hydrogens (tertiary/aromatic N) is 1. The number of aromatic nitrogens is 1. The zero-order chi connectivity index (χ0) is 12.6. The van der Waals surface area contributed by atoms with Crippen molar-refractivity contribution >= 4 is 16.9 Å². The van der Waals surface area contributed by atoms with Gasteiger partial charge in [0.05, 0.1) is 0 Å². The number of carboxylic acid groups (broad SMARTS) is 1. The molecule has 0 fully saturated rings. The van der Waals surface area contributed by atoms with Crippen LogP contribution in [0.3, 0.4) is 0 Å². The number of rotatable bonds is 3. The molecule has 90 valence electrons. The van der Waals surface area contributed by atoms with Crippen LogP contribution in [-0.4, -0.2) is 15.6 Å². The molecule has 0 aliphatic heterocycles. The average Bonchev–Trinajstić information content (AvgIpc) is 2.55. The fourth-order valence-corrected chi connectivity index (χ4v) is 1.98. The molecular weight excluding hydrogens is 221 g/mol. The van der Waals surface area contributed by atoms with Gasteiger partial charge in [0, 0.05) is 17.4 Å². The minimum Gasteiger partial charge on any atom is -0.477 e. The molecule has 1 N–H and O–H groups in total. The fraction of sp³-hybridized carbons (Fsp3) is 0.308. The maximum atomic E-state index is 13.1. The van der Waals surface area contributed by atoms with Crippen LogP contribution in [0.4, 0.5) is 4.39 Å². The van der Waals surface area contributed by atoms with Crippen LogP contribution in [0.2, 0.25) is 0 Å². The van der Waals surface area contributed by atoms with Gasteiger partial charge >= 0.3 is 5.97 Å². The summed E-state index contributed by atoms with van der Waals surface area (Å²) < 4.78 is 14.8. The maximum Gasteiger partial charge on any atom is 0.352 e. The third-order valence-electron chi connectivity index (χ3n) is 2.63. The lowest BCUT2D eigenvalue weighted by molar-refractivity contribution is 0.0685. The van der Waals surface area contributed by atoms with E-state index in [0.717, 1.165) is 5.52 Å². The second-order valence-corrected chi connectivity index (χ2v) is 4.54. The highest BCUT2D eigenvalue weighted by Gasteiger charge is 2.15. The lowest BCUT2D eigenvalue weighted by Gasteiger charge is -2.10. The molecule has 0 saturated carbocycles. The van der Waals surface area contributed by atoms with E-state index in [1.54, 1.807) is 10.6 Å². The van der Waals surface area contributed by atoms with Crippen LogP contribution in [0.25, 0.3) is 10.9 Å². The highest BCUT2D eigenvalue weighted by Crippen LogP contribution is 2.22. The third kappa shape index (κ3) is 2.16. The minimum absolute atomic E-state index is 0.208. The monoisotopic (exact) mass is 235 g/mol. The van der Waals surface area contributed by atoms with Gasteiger partial charge in [-0.25, -0.2) is 9.18 Å². The van der Waals surface area contributed by atoms with Crippen LogP contribution < -0.4 is 0 Å². The standard InChI is InChI=1S/C13H14FNO2/c1-8(2)7-15-11-4-3-10(14)5-9(11)6-12(15)13(16)17/h3-6,8H,7H2,1-2H3,(H,16,17). The first kappa shape index (κ1) is 11.6. The molecule has 0 atom stereocenters. The normalized spacial score (nSPS) is 11.3. The maximum absolute atomic E-state index is 13.1. The second kappa shape index (κ2) is 4.20. The second-order valence-electron chi connectivity index (χ2n) is 4.54. The Kier molecular flexibility index (Phi) is 2.88. The van der Waals surface area contributed by atoms with Crippen molar-refractivity contribution in [3.05, 3.63) is 35.8 Å². The van der Waals surface area contributed by atoms with Gasteiger partial charge in [-0.1, -0.05) is 13.8 Å². The highest BCUT2D eigenvalue weighted by molar-refractivity contribution is 5.94. The summed E-state index contributed by atoms with van der Waals surface area (Å²) in [6, 6.07) is 5.85. The summed E-state index contributed by atoms with van der Waals surface area (Å²) in [6.45, 7) is 4.64. The molecule has 0 spiro atoms. The van der Waals surface area contributed by atoms with Gasteiger partial charge in [-0.3, -0.25) is 0 Å². The Balaban J connectivity index is 2.66. The Morgan fingerprint density at radius 2 is 2.12 bits per heavy atom. The SMILES string of the molecule is CC(C)Cn1c(C(=O)O)cc2cc(F)ccc21. The number of benzene rings is 1. The van der Waals surface area contributed by atoms with Crippen LogP contribution in [0.5, 0.6) is 0 Å². The van der Waals surface area contributed by atoms with Crippen molar-refractivity contribution in [2.75, 3.05) is 0 Å². The van der Waals surface area contributed by atoms with E-state index in [1.165, 1.54) is 18.2 Å². The van der Waals surface area contributed by atoms with E-state index in [1.807, 2.05) is 13.8 Å². The van der Waals surface area contributed by atoms with Gasteiger partial charge in [-0.05, 0) is 30.2 Å². The number of halogens is 1. The van der Waals surface area contributed by atoms with Crippen molar-refractivity contribution in [2.24, 2.45) is 5.92 Å². The van der Waals surface area contributed by atoms with Crippen LogP contribution >= 0.6 is 0 Å². The number of aromatic carboxylic acids is 1. The predicted molar refractivity (Wildman–Crippen MR) is 63.7 cm³/mol. The molecule has 4 heteroatoms. The molecule has 0 amide bonds. The summed E-state index contributed by atoms with van der Waals surface area (Å²) in [7, 11) is 0. The number of hydrogen-bond acceptors (Lipinski definition) is 1. The number of carbonyl (C=O) groups is 1. The molecule has 0 bridgehead atoms. The van der Waals surface area contributed by atoms with E-state index in [-0.39, 0.29) is 11.5 Å². The van der Waals surface area contributed by atoms with Crippen LogP contribution in [-0.2, 0) is 6.54 Å². The first-order chi connectivity index (χ1) is 7.99. The molecule has 1 aromatic heterocycles. The molecule has 0 aliphatic rings. The van der Waals surface area contributed by atoms with Crippen molar-refractivity contribution in [3.63, 3.8) is 0 Å². The highest BCUT2D eigenvalue weighted by atomic mass is 19.1. The fourth-order valence-electron chi connectivity index (χ4n) is 1.98. The van der Waals surface area contributed by atoms with E-state index in [2.05, 4.69) is 0 Å². The smallest absolute Gasteiger partial charge is 0.352 e. The van der Waals surface area contributed by atoms with Gasteiger partial charge in [0.1, 0.15) is 11.5 Å². The Labute approximate surface area is 98.5 Å². The Morgan fingerprint density at radius 3 is 2.71 bits per heavy atom. The Morgan fingerprint density at radius 1 is 1.41 bits per heavy atom. The van der Waals surface area contributed by atoms with Gasteiger partial charge in [-0.15, -0.1) is 0 Å². The Bertz CT molecular complexity index is 572. The van der Waals surface area contributed by atoms with E-state index in [0.29, 0.717) is 17.8 Å². The first-order valence-corrected chi connectivity index (χ1v) is 5.51. The van der Waals surface area contributed by atoms with E-state index >= 15 is 0 Å². The average molecular weight is 235 g/mol. The molecule has 1 aromatic carbocycles. The molecule has 0 unspecified atom stereocenters. The first-order valence-electron chi connectivity index (χ1n) is 5.51. The molecule has 17 heavy (non-hydrogen) atoms. The predicted octanol–water partition coefficient (Wildman–Crippen LogP) is 3.13. The number of fused-ring (bicyclic) bond motifs is 1. The van der Waals surface area contributed by atoms with Gasteiger partial charge in [0.15, 0.2) is 0 Å². The lowest BCUT2D eigenvalue weighted by atomic mass is 10.2. The molecule has 0 aliphatic carbocycles. The van der Waals surface area contributed by atoms with Crippen LogP contribution in [0.15, 0.2) is 24.3 Å². The molecular formula is C13H14FNO2. The Hall–Kier alpha value is -1.84. The van der Waals surface area contributed by atoms with Crippen molar-refractivity contribution in [1.82, 2.24) is 4.57 Å². The largest absolute Gasteiger partial charge is 0.477 e. The minimum atomic E-state index is -0.984. The van der Waals surface area contributed by atoms with Crippen molar-refractivity contribution in [1.29, 1.82) is 0 Å². The zero-order valence-electron chi connectivity index (χ0n) is 9.77. The molecule has 2 aromatic rings.